The van der Waals surface area contributed by atoms with Crippen molar-refractivity contribution in [1.82, 2.24) is 14.5 Å². The maximum absolute atomic E-state index is 5.99. The van der Waals surface area contributed by atoms with E-state index in [2.05, 4.69) is 28.3 Å². The fourth-order valence-corrected chi connectivity index (χ4v) is 2.09. The molecule has 0 saturated heterocycles. The predicted octanol–water partition coefficient (Wildman–Crippen LogP) is 2.30. The molecule has 92 valence electrons. The topological polar surface area (TPSA) is 38.2 Å². The van der Waals surface area contributed by atoms with Crippen LogP contribution in [0.1, 0.15) is 19.5 Å². The molecule has 0 fully saturated rings. The van der Waals surface area contributed by atoms with Gasteiger partial charge in [-0.1, -0.05) is 29.9 Å². The van der Waals surface area contributed by atoms with E-state index in [4.69, 9.17) is 16.3 Å². The van der Waals surface area contributed by atoms with Gasteiger partial charge in [-0.2, -0.15) is 0 Å². The van der Waals surface area contributed by atoms with Crippen LogP contribution < -0.4 is 0 Å². The number of hydrogen-bond donors (Lipinski definition) is 0. The molecule has 0 bridgehead atoms. The molecular formula is C10H18ClN3OS. The molecule has 0 N–H and O–H groups in total. The van der Waals surface area contributed by atoms with Crippen LogP contribution in [-0.2, 0) is 11.3 Å². The molecule has 16 heavy (non-hydrogen) atoms. The lowest BCUT2D eigenvalue weighted by Crippen LogP contribution is -2.30. The summed E-state index contributed by atoms with van der Waals surface area (Å²) in [6.07, 6.45) is 0. The van der Waals surface area contributed by atoms with Gasteiger partial charge in [-0.3, -0.25) is 4.90 Å². The highest BCUT2D eigenvalue weighted by molar-refractivity contribution is 7.10. The highest BCUT2D eigenvalue weighted by atomic mass is 35.5. The number of halogens is 1. The average molecular weight is 264 g/mol. The molecule has 0 saturated carbocycles. The first-order valence-corrected chi connectivity index (χ1v) is 6.46. The molecular weight excluding hydrogens is 246 g/mol. The Hall–Kier alpha value is -0.230. The SMILES string of the molecule is COCCN(Cc1nnsc1Cl)CC(C)C. The lowest BCUT2D eigenvalue weighted by atomic mass is 10.2. The van der Waals surface area contributed by atoms with Crippen LogP contribution in [0.3, 0.4) is 0 Å². The summed E-state index contributed by atoms with van der Waals surface area (Å²) >= 11 is 7.23. The Labute approximate surface area is 106 Å². The Morgan fingerprint density at radius 3 is 2.75 bits per heavy atom. The summed E-state index contributed by atoms with van der Waals surface area (Å²) in [6.45, 7) is 7.76. The number of nitrogens with zero attached hydrogens (tertiary/aromatic N) is 3. The van der Waals surface area contributed by atoms with Gasteiger partial charge in [0.05, 0.1) is 6.61 Å². The van der Waals surface area contributed by atoms with Gasteiger partial charge in [0.2, 0.25) is 0 Å². The number of aromatic nitrogens is 2. The highest BCUT2D eigenvalue weighted by Gasteiger charge is 2.12. The quantitative estimate of drug-likeness (QED) is 0.757. The van der Waals surface area contributed by atoms with E-state index >= 15 is 0 Å². The normalized spacial score (nSPS) is 11.6. The third-order valence-corrected chi connectivity index (χ3v) is 3.10. The molecule has 0 aliphatic carbocycles. The zero-order valence-corrected chi connectivity index (χ0v) is 11.5. The van der Waals surface area contributed by atoms with E-state index in [1.165, 1.54) is 11.5 Å². The zero-order chi connectivity index (χ0) is 12.0. The maximum Gasteiger partial charge on any atom is 0.138 e. The summed E-state index contributed by atoms with van der Waals surface area (Å²) < 4.78 is 9.62. The van der Waals surface area contributed by atoms with Crippen molar-refractivity contribution in [2.45, 2.75) is 20.4 Å². The lowest BCUT2D eigenvalue weighted by molar-refractivity contribution is 0.135. The number of methoxy groups -OCH3 is 1. The summed E-state index contributed by atoms with van der Waals surface area (Å²) in [5.41, 5.74) is 0.864. The summed E-state index contributed by atoms with van der Waals surface area (Å²) in [5, 5.41) is 4.03. The molecule has 1 rings (SSSR count). The lowest BCUT2D eigenvalue weighted by Gasteiger charge is -2.22. The first-order valence-electron chi connectivity index (χ1n) is 5.31. The van der Waals surface area contributed by atoms with E-state index in [0.717, 1.165) is 31.9 Å². The van der Waals surface area contributed by atoms with Gasteiger partial charge in [-0.25, -0.2) is 0 Å². The van der Waals surface area contributed by atoms with Crippen LogP contribution in [0.4, 0.5) is 0 Å². The summed E-state index contributed by atoms with van der Waals surface area (Å²) in [6, 6.07) is 0. The molecule has 4 nitrogen and oxygen atoms in total. The van der Waals surface area contributed by atoms with Crippen molar-refractivity contribution in [3.63, 3.8) is 0 Å². The Bertz CT molecular complexity index is 306. The molecule has 0 aliphatic heterocycles. The van der Waals surface area contributed by atoms with Crippen molar-refractivity contribution in [3.05, 3.63) is 10.0 Å². The number of ether oxygens (including phenoxy) is 1. The van der Waals surface area contributed by atoms with Gasteiger partial charge in [0, 0.05) is 38.3 Å². The Morgan fingerprint density at radius 1 is 1.50 bits per heavy atom. The Morgan fingerprint density at radius 2 is 2.25 bits per heavy atom. The predicted molar refractivity (Wildman–Crippen MR) is 66.9 cm³/mol. The molecule has 0 unspecified atom stereocenters. The molecule has 0 spiro atoms. The van der Waals surface area contributed by atoms with E-state index in [1.54, 1.807) is 7.11 Å². The molecule has 0 atom stereocenters. The van der Waals surface area contributed by atoms with Gasteiger partial charge < -0.3 is 4.74 Å². The van der Waals surface area contributed by atoms with Gasteiger partial charge in [-0.05, 0) is 5.92 Å². The van der Waals surface area contributed by atoms with Crippen LogP contribution >= 0.6 is 23.1 Å². The molecule has 0 aliphatic rings. The molecule has 1 aromatic heterocycles. The van der Waals surface area contributed by atoms with E-state index < -0.39 is 0 Å². The van der Waals surface area contributed by atoms with Crippen molar-refractivity contribution in [3.8, 4) is 0 Å². The second-order valence-corrected chi connectivity index (χ2v) is 5.47. The first-order chi connectivity index (χ1) is 7.63. The second kappa shape index (κ2) is 7.17. The van der Waals surface area contributed by atoms with Crippen LogP contribution in [0.2, 0.25) is 4.34 Å². The molecule has 0 amide bonds. The third-order valence-electron chi connectivity index (χ3n) is 2.12. The van der Waals surface area contributed by atoms with Crippen molar-refractivity contribution in [1.29, 1.82) is 0 Å². The molecule has 1 aromatic rings. The Kier molecular flexibility index (Phi) is 6.20. The highest BCUT2D eigenvalue weighted by Crippen LogP contribution is 2.19. The van der Waals surface area contributed by atoms with Crippen molar-refractivity contribution in [2.75, 3.05) is 26.8 Å². The van der Waals surface area contributed by atoms with E-state index in [-0.39, 0.29) is 0 Å². The van der Waals surface area contributed by atoms with E-state index in [0.29, 0.717) is 10.3 Å². The van der Waals surface area contributed by atoms with Crippen LogP contribution in [0.5, 0.6) is 0 Å². The summed E-state index contributed by atoms with van der Waals surface area (Å²) in [4.78, 5) is 2.29. The zero-order valence-electron chi connectivity index (χ0n) is 9.94. The minimum absolute atomic E-state index is 0.613. The minimum Gasteiger partial charge on any atom is -0.383 e. The monoisotopic (exact) mass is 263 g/mol. The van der Waals surface area contributed by atoms with Crippen molar-refractivity contribution in [2.24, 2.45) is 5.92 Å². The van der Waals surface area contributed by atoms with Crippen LogP contribution in [0.15, 0.2) is 0 Å². The van der Waals surface area contributed by atoms with Crippen molar-refractivity contribution < 1.29 is 4.74 Å². The van der Waals surface area contributed by atoms with Crippen LogP contribution in [-0.4, -0.2) is 41.3 Å². The smallest absolute Gasteiger partial charge is 0.138 e. The van der Waals surface area contributed by atoms with Crippen LogP contribution in [0.25, 0.3) is 0 Å². The molecule has 6 heteroatoms. The van der Waals surface area contributed by atoms with Gasteiger partial charge >= 0.3 is 0 Å². The molecule has 0 radical (unpaired) electrons. The number of rotatable bonds is 7. The largest absolute Gasteiger partial charge is 0.383 e. The van der Waals surface area contributed by atoms with Gasteiger partial charge in [0.1, 0.15) is 10.0 Å². The third kappa shape index (κ3) is 4.74. The second-order valence-electron chi connectivity index (χ2n) is 4.12. The van der Waals surface area contributed by atoms with Gasteiger partial charge in [0.25, 0.3) is 0 Å². The standard InChI is InChI=1S/C10H18ClN3OS/c1-8(2)6-14(4-5-15-3)7-9-10(11)16-13-12-9/h8H,4-7H2,1-3H3. The summed E-state index contributed by atoms with van der Waals surface area (Å²) in [7, 11) is 1.71. The van der Waals surface area contributed by atoms with Gasteiger partial charge in [0.15, 0.2) is 0 Å². The van der Waals surface area contributed by atoms with E-state index in [9.17, 15) is 0 Å². The van der Waals surface area contributed by atoms with Gasteiger partial charge in [-0.15, -0.1) is 5.10 Å². The first kappa shape index (κ1) is 13.8. The Balaban J connectivity index is 2.52. The molecule has 1 heterocycles. The number of hydrogen-bond acceptors (Lipinski definition) is 5. The van der Waals surface area contributed by atoms with Crippen molar-refractivity contribution >= 4 is 23.1 Å². The van der Waals surface area contributed by atoms with Crippen LogP contribution in [0, 0.1) is 5.92 Å². The fraction of sp³-hybridized carbons (Fsp3) is 0.800. The average Bonchev–Trinajstić information content (AvgIpc) is 2.60. The summed E-state index contributed by atoms with van der Waals surface area (Å²) in [5.74, 6) is 0.613. The fourth-order valence-electron chi connectivity index (χ4n) is 1.47. The maximum atomic E-state index is 5.99. The molecule has 0 aromatic carbocycles. The van der Waals surface area contributed by atoms with E-state index in [1.807, 2.05) is 0 Å². The minimum atomic E-state index is 0.613.